The normalized spacial score (nSPS) is 24.0. The first-order valence-corrected chi connectivity index (χ1v) is 8.64. The van der Waals surface area contributed by atoms with Gasteiger partial charge in [0, 0.05) is 30.3 Å². The van der Waals surface area contributed by atoms with Crippen LogP contribution in [0.25, 0.3) is 0 Å². The summed E-state index contributed by atoms with van der Waals surface area (Å²) in [5.74, 6) is -0.349. The molecule has 1 aromatic carbocycles. The average molecular weight is 326 g/mol. The van der Waals surface area contributed by atoms with Gasteiger partial charge in [-0.2, -0.15) is 0 Å². The van der Waals surface area contributed by atoms with Crippen LogP contribution in [0.3, 0.4) is 0 Å². The summed E-state index contributed by atoms with van der Waals surface area (Å²) in [5, 5.41) is 10.1. The number of aryl methyl sites for hydroxylation is 1. The highest BCUT2D eigenvalue weighted by atomic mass is 32.2. The lowest BCUT2D eigenvalue weighted by molar-refractivity contribution is -0.384. The fourth-order valence-corrected chi connectivity index (χ4v) is 4.18. The van der Waals surface area contributed by atoms with Crippen LogP contribution in [0.15, 0.2) is 18.2 Å². The Labute approximate surface area is 129 Å². The van der Waals surface area contributed by atoms with Crippen molar-refractivity contribution >= 4 is 21.4 Å². The minimum Gasteiger partial charge on any atom is -0.334 e. The van der Waals surface area contributed by atoms with Crippen LogP contribution in [0.2, 0.25) is 0 Å². The Hall–Kier alpha value is -1.96. The number of nitro groups is 1. The summed E-state index contributed by atoms with van der Waals surface area (Å²) < 4.78 is 23.7. The molecule has 22 heavy (non-hydrogen) atoms. The Morgan fingerprint density at radius 1 is 1.36 bits per heavy atom. The molecule has 2 rings (SSSR count). The van der Waals surface area contributed by atoms with Crippen molar-refractivity contribution < 1.29 is 18.1 Å². The van der Waals surface area contributed by atoms with Gasteiger partial charge < -0.3 is 4.90 Å². The standard InChI is InChI=1S/C14H18N2O5S/c1-9-8-12(16(18)19)4-5-13(9)14(17)15-6-7-22(20,21)11(3)10(15)2/h4-5,8,10-11H,6-7H2,1-3H3/t10-,11-/m0/s1. The molecule has 1 amide bonds. The smallest absolute Gasteiger partial charge is 0.269 e. The first kappa shape index (κ1) is 16.4. The van der Waals surface area contributed by atoms with Crippen LogP contribution < -0.4 is 0 Å². The molecule has 0 N–H and O–H groups in total. The maximum absolute atomic E-state index is 12.6. The molecular formula is C14H18N2O5S. The molecule has 0 radical (unpaired) electrons. The molecule has 1 heterocycles. The van der Waals surface area contributed by atoms with Crippen molar-refractivity contribution in [2.45, 2.75) is 32.1 Å². The van der Waals surface area contributed by atoms with Gasteiger partial charge in [-0.3, -0.25) is 14.9 Å². The first-order chi connectivity index (χ1) is 10.1. The van der Waals surface area contributed by atoms with Crippen LogP contribution in [0.5, 0.6) is 0 Å². The van der Waals surface area contributed by atoms with Crippen LogP contribution in [-0.4, -0.2) is 47.7 Å². The lowest BCUT2D eigenvalue weighted by Crippen LogP contribution is -2.54. The third-order valence-corrected chi connectivity index (χ3v) is 6.54. The van der Waals surface area contributed by atoms with Crippen molar-refractivity contribution in [1.29, 1.82) is 0 Å². The SMILES string of the molecule is Cc1cc([N+](=O)[O-])ccc1C(=O)N1CCS(=O)(=O)[C@@H](C)[C@@H]1C. The van der Waals surface area contributed by atoms with E-state index < -0.39 is 26.1 Å². The zero-order chi connectivity index (χ0) is 16.7. The maximum Gasteiger partial charge on any atom is 0.269 e. The third-order valence-electron chi connectivity index (χ3n) is 4.27. The zero-order valence-electron chi connectivity index (χ0n) is 12.6. The second kappa shape index (κ2) is 5.68. The van der Waals surface area contributed by atoms with Gasteiger partial charge in [-0.15, -0.1) is 0 Å². The minimum atomic E-state index is -3.17. The fraction of sp³-hybridized carbons (Fsp3) is 0.500. The Bertz CT molecular complexity index is 729. The lowest BCUT2D eigenvalue weighted by atomic mass is 10.0. The van der Waals surface area contributed by atoms with Crippen molar-refractivity contribution in [3.63, 3.8) is 0 Å². The number of amides is 1. The third kappa shape index (κ3) is 2.83. The van der Waals surface area contributed by atoms with E-state index in [0.29, 0.717) is 11.1 Å². The molecule has 0 bridgehead atoms. The summed E-state index contributed by atoms with van der Waals surface area (Å²) in [4.78, 5) is 24.4. The molecule has 0 unspecified atom stereocenters. The molecule has 1 saturated heterocycles. The summed E-state index contributed by atoms with van der Waals surface area (Å²) in [6.07, 6.45) is 0. The quantitative estimate of drug-likeness (QED) is 0.606. The molecule has 1 aliphatic heterocycles. The van der Waals surface area contributed by atoms with Gasteiger partial charge in [-0.25, -0.2) is 8.42 Å². The van der Waals surface area contributed by atoms with Gasteiger partial charge in [0.05, 0.1) is 15.9 Å². The van der Waals surface area contributed by atoms with Gasteiger partial charge in [-0.05, 0) is 32.4 Å². The predicted molar refractivity (Wildman–Crippen MR) is 81.6 cm³/mol. The van der Waals surface area contributed by atoms with E-state index in [1.54, 1.807) is 20.8 Å². The Morgan fingerprint density at radius 2 is 2.00 bits per heavy atom. The summed E-state index contributed by atoms with van der Waals surface area (Å²) in [6, 6.07) is 3.63. The van der Waals surface area contributed by atoms with Crippen LogP contribution in [0.4, 0.5) is 5.69 Å². The molecule has 1 aromatic rings. The van der Waals surface area contributed by atoms with Crippen molar-refractivity contribution in [2.24, 2.45) is 0 Å². The number of nitrogens with zero attached hydrogens (tertiary/aromatic N) is 2. The second-order valence-corrected chi connectivity index (χ2v) is 8.05. The number of benzene rings is 1. The van der Waals surface area contributed by atoms with Crippen LogP contribution in [-0.2, 0) is 9.84 Å². The molecule has 2 atom stereocenters. The molecular weight excluding hydrogens is 308 g/mol. The highest BCUT2D eigenvalue weighted by Gasteiger charge is 2.38. The van der Waals surface area contributed by atoms with Gasteiger partial charge in [0.1, 0.15) is 0 Å². The lowest BCUT2D eigenvalue weighted by Gasteiger charge is -2.37. The Kier molecular flexibility index (Phi) is 4.23. The van der Waals surface area contributed by atoms with Crippen LogP contribution in [0.1, 0.15) is 29.8 Å². The Balaban J connectivity index is 2.31. The van der Waals surface area contributed by atoms with Gasteiger partial charge in [0.25, 0.3) is 11.6 Å². The highest BCUT2D eigenvalue weighted by Crippen LogP contribution is 2.24. The van der Waals surface area contributed by atoms with E-state index in [9.17, 15) is 23.3 Å². The molecule has 120 valence electrons. The van der Waals surface area contributed by atoms with Gasteiger partial charge in [0.2, 0.25) is 0 Å². The molecule has 0 aliphatic carbocycles. The molecule has 1 fully saturated rings. The van der Waals surface area contributed by atoms with E-state index in [4.69, 9.17) is 0 Å². The molecule has 8 heteroatoms. The van der Waals surface area contributed by atoms with Crippen molar-refractivity contribution in [3.8, 4) is 0 Å². The van der Waals surface area contributed by atoms with E-state index in [-0.39, 0.29) is 23.9 Å². The van der Waals surface area contributed by atoms with E-state index in [1.807, 2.05) is 0 Å². The number of carbonyl (C=O) groups is 1. The second-order valence-electron chi connectivity index (χ2n) is 5.57. The number of sulfone groups is 1. The number of non-ortho nitro benzene ring substituents is 1. The van der Waals surface area contributed by atoms with Crippen LogP contribution >= 0.6 is 0 Å². The molecule has 0 saturated carbocycles. The first-order valence-electron chi connectivity index (χ1n) is 6.92. The largest absolute Gasteiger partial charge is 0.334 e. The summed E-state index contributed by atoms with van der Waals surface area (Å²) in [5.41, 5.74) is 0.799. The van der Waals surface area contributed by atoms with E-state index in [2.05, 4.69) is 0 Å². The van der Waals surface area contributed by atoms with Crippen molar-refractivity contribution in [1.82, 2.24) is 4.90 Å². The fourth-order valence-electron chi connectivity index (χ4n) is 2.61. The van der Waals surface area contributed by atoms with E-state index in [0.717, 1.165) is 0 Å². The van der Waals surface area contributed by atoms with E-state index >= 15 is 0 Å². The molecule has 7 nitrogen and oxygen atoms in total. The maximum atomic E-state index is 12.6. The summed E-state index contributed by atoms with van der Waals surface area (Å²) in [6.45, 7) is 5.08. The Morgan fingerprint density at radius 3 is 2.55 bits per heavy atom. The van der Waals surface area contributed by atoms with Crippen molar-refractivity contribution in [2.75, 3.05) is 12.3 Å². The molecule has 1 aliphatic rings. The van der Waals surface area contributed by atoms with Crippen LogP contribution in [0, 0.1) is 17.0 Å². The number of carbonyl (C=O) groups excluding carboxylic acids is 1. The number of rotatable bonds is 2. The van der Waals surface area contributed by atoms with Crippen molar-refractivity contribution in [3.05, 3.63) is 39.4 Å². The van der Waals surface area contributed by atoms with Gasteiger partial charge in [-0.1, -0.05) is 0 Å². The zero-order valence-corrected chi connectivity index (χ0v) is 13.5. The monoisotopic (exact) mass is 326 g/mol. The highest BCUT2D eigenvalue weighted by molar-refractivity contribution is 7.92. The number of nitro benzene ring substituents is 1. The average Bonchev–Trinajstić information content (AvgIpc) is 2.44. The van der Waals surface area contributed by atoms with E-state index in [1.165, 1.54) is 23.1 Å². The topological polar surface area (TPSA) is 97.6 Å². The predicted octanol–water partition coefficient (Wildman–Crippen LogP) is 1.55. The number of hydrogen-bond acceptors (Lipinski definition) is 5. The van der Waals surface area contributed by atoms with Gasteiger partial charge >= 0.3 is 0 Å². The minimum absolute atomic E-state index is 0.0593. The van der Waals surface area contributed by atoms with Gasteiger partial charge in [0.15, 0.2) is 9.84 Å². The summed E-state index contributed by atoms with van der Waals surface area (Å²) >= 11 is 0. The number of hydrogen-bond donors (Lipinski definition) is 0. The molecule has 0 aromatic heterocycles. The summed E-state index contributed by atoms with van der Waals surface area (Å²) in [7, 11) is -3.17. The molecule has 0 spiro atoms.